The average molecular weight is 313 g/mol. The number of rotatable bonds is 7. The van der Waals surface area contributed by atoms with E-state index in [0.717, 1.165) is 17.9 Å². The smallest absolute Gasteiger partial charge is 0.251 e. The van der Waals surface area contributed by atoms with Crippen molar-refractivity contribution in [3.8, 4) is 11.5 Å². The molecule has 0 aliphatic rings. The van der Waals surface area contributed by atoms with Crippen LogP contribution in [-0.4, -0.2) is 25.7 Å². The van der Waals surface area contributed by atoms with Gasteiger partial charge in [-0.15, -0.1) is 0 Å². The number of nitrogens with one attached hydrogen (secondary N) is 1. The second-order valence-corrected chi connectivity index (χ2v) is 5.32. The lowest BCUT2D eigenvalue weighted by Crippen LogP contribution is -2.18. The molecule has 1 amide bonds. The molecule has 2 aromatic carbocycles. The van der Waals surface area contributed by atoms with E-state index in [0.29, 0.717) is 12.2 Å². The van der Waals surface area contributed by atoms with E-state index in [2.05, 4.69) is 11.4 Å². The molecule has 1 atom stereocenters. The molecule has 23 heavy (non-hydrogen) atoms. The largest absolute Gasteiger partial charge is 0.494 e. The van der Waals surface area contributed by atoms with E-state index in [4.69, 9.17) is 9.47 Å². The molecule has 1 N–H and O–H groups in total. The maximum Gasteiger partial charge on any atom is 0.251 e. The summed E-state index contributed by atoms with van der Waals surface area (Å²) in [6.07, 6.45) is 0.815. The van der Waals surface area contributed by atoms with Crippen LogP contribution in [0.2, 0.25) is 0 Å². The maximum atomic E-state index is 11.5. The van der Waals surface area contributed by atoms with E-state index in [-0.39, 0.29) is 12.0 Å². The topological polar surface area (TPSA) is 47.6 Å². The Morgan fingerprint density at radius 1 is 1.13 bits per heavy atom. The Morgan fingerprint density at radius 2 is 1.87 bits per heavy atom. The summed E-state index contributed by atoms with van der Waals surface area (Å²) in [5.74, 6) is 1.54. The molecule has 1 unspecified atom stereocenters. The van der Waals surface area contributed by atoms with Crippen LogP contribution >= 0.6 is 0 Å². The van der Waals surface area contributed by atoms with Crippen molar-refractivity contribution in [2.24, 2.45) is 0 Å². The van der Waals surface area contributed by atoms with E-state index >= 15 is 0 Å². The Morgan fingerprint density at radius 3 is 2.52 bits per heavy atom. The summed E-state index contributed by atoms with van der Waals surface area (Å²) >= 11 is 0. The Labute approximate surface area is 137 Å². The minimum atomic E-state index is -0.0997. The van der Waals surface area contributed by atoms with Gasteiger partial charge >= 0.3 is 0 Å². The van der Waals surface area contributed by atoms with Crippen molar-refractivity contribution in [2.45, 2.75) is 26.4 Å². The molecule has 0 saturated carbocycles. The number of ether oxygens (including phenoxy) is 2. The van der Waals surface area contributed by atoms with Crippen molar-refractivity contribution in [2.75, 3.05) is 13.7 Å². The van der Waals surface area contributed by atoms with Crippen LogP contribution < -0.4 is 14.8 Å². The number of hydrogen-bond donors (Lipinski definition) is 1. The summed E-state index contributed by atoms with van der Waals surface area (Å²) in [6, 6.07) is 15.2. The molecule has 0 saturated heterocycles. The van der Waals surface area contributed by atoms with Crippen LogP contribution in [0.1, 0.15) is 29.8 Å². The third-order valence-corrected chi connectivity index (χ3v) is 3.41. The van der Waals surface area contributed by atoms with E-state index in [1.165, 1.54) is 5.56 Å². The molecule has 4 nitrogen and oxygen atoms in total. The van der Waals surface area contributed by atoms with E-state index < -0.39 is 0 Å². The normalized spacial score (nSPS) is 11.6. The molecule has 2 rings (SSSR count). The fourth-order valence-corrected chi connectivity index (χ4v) is 2.36. The molecular weight excluding hydrogens is 290 g/mol. The zero-order chi connectivity index (χ0) is 16.7. The number of benzene rings is 2. The number of hydrogen-bond acceptors (Lipinski definition) is 3. The predicted molar refractivity (Wildman–Crippen MR) is 91.2 cm³/mol. The third kappa shape index (κ3) is 5.02. The Balaban J connectivity index is 1.95. The van der Waals surface area contributed by atoms with Crippen LogP contribution in [0.15, 0.2) is 48.5 Å². The van der Waals surface area contributed by atoms with Crippen molar-refractivity contribution >= 4 is 5.91 Å². The van der Waals surface area contributed by atoms with E-state index in [1.54, 1.807) is 19.2 Å². The van der Waals surface area contributed by atoms with Crippen molar-refractivity contribution in [3.63, 3.8) is 0 Å². The molecule has 0 radical (unpaired) electrons. The van der Waals surface area contributed by atoms with Crippen LogP contribution in [0.5, 0.6) is 11.5 Å². The predicted octanol–water partition coefficient (Wildman–Crippen LogP) is 3.45. The van der Waals surface area contributed by atoms with Gasteiger partial charge in [0.2, 0.25) is 0 Å². The zero-order valence-electron chi connectivity index (χ0n) is 13.8. The van der Waals surface area contributed by atoms with Gasteiger partial charge in [-0.1, -0.05) is 12.1 Å². The third-order valence-electron chi connectivity index (χ3n) is 3.41. The van der Waals surface area contributed by atoms with Crippen molar-refractivity contribution < 1.29 is 14.3 Å². The van der Waals surface area contributed by atoms with Gasteiger partial charge in [-0.2, -0.15) is 0 Å². The standard InChI is InChI=1S/C19H23NO3/c1-4-22-18-7-5-6-15(13-18)12-14(2)23-17-10-8-16(9-11-17)19(21)20-3/h5-11,13-14H,4,12H2,1-3H3,(H,20,21). The quantitative estimate of drug-likeness (QED) is 0.851. The summed E-state index contributed by atoms with van der Waals surface area (Å²) in [7, 11) is 1.62. The molecule has 0 spiro atoms. The first-order chi connectivity index (χ1) is 11.1. The SMILES string of the molecule is CCOc1cccc(CC(C)Oc2ccc(C(=O)NC)cc2)c1. The molecule has 0 heterocycles. The molecule has 0 aliphatic carbocycles. The van der Waals surface area contributed by atoms with Crippen molar-refractivity contribution in [1.29, 1.82) is 0 Å². The van der Waals surface area contributed by atoms with Gasteiger partial charge in [-0.05, 0) is 55.8 Å². The fourth-order valence-electron chi connectivity index (χ4n) is 2.36. The zero-order valence-corrected chi connectivity index (χ0v) is 13.8. The number of amides is 1. The van der Waals surface area contributed by atoms with Gasteiger partial charge in [0.25, 0.3) is 5.91 Å². The van der Waals surface area contributed by atoms with Gasteiger partial charge < -0.3 is 14.8 Å². The number of carbonyl (C=O) groups excluding carboxylic acids is 1. The lowest BCUT2D eigenvalue weighted by Gasteiger charge is -2.15. The molecule has 2 aromatic rings. The van der Waals surface area contributed by atoms with Crippen LogP contribution in [0.3, 0.4) is 0 Å². The molecular formula is C19H23NO3. The summed E-state index contributed by atoms with van der Waals surface area (Å²) in [5, 5.41) is 2.60. The Hall–Kier alpha value is -2.49. The summed E-state index contributed by atoms with van der Waals surface area (Å²) < 4.78 is 11.4. The molecule has 0 bridgehead atoms. The first-order valence-corrected chi connectivity index (χ1v) is 7.83. The van der Waals surface area contributed by atoms with Gasteiger partial charge in [0.1, 0.15) is 11.5 Å². The molecule has 4 heteroatoms. The Bertz CT molecular complexity index is 637. The highest BCUT2D eigenvalue weighted by Gasteiger charge is 2.08. The first-order valence-electron chi connectivity index (χ1n) is 7.83. The van der Waals surface area contributed by atoms with Gasteiger partial charge in [0.05, 0.1) is 12.7 Å². The van der Waals surface area contributed by atoms with Gasteiger partial charge in [0, 0.05) is 19.0 Å². The van der Waals surface area contributed by atoms with E-state index in [1.807, 2.05) is 44.2 Å². The second-order valence-electron chi connectivity index (χ2n) is 5.32. The summed E-state index contributed by atoms with van der Waals surface area (Å²) in [6.45, 7) is 4.66. The van der Waals surface area contributed by atoms with Gasteiger partial charge in [-0.3, -0.25) is 4.79 Å². The lowest BCUT2D eigenvalue weighted by molar-refractivity contribution is 0.0963. The van der Waals surface area contributed by atoms with Crippen molar-refractivity contribution in [1.82, 2.24) is 5.32 Å². The maximum absolute atomic E-state index is 11.5. The minimum Gasteiger partial charge on any atom is -0.494 e. The second kappa shape index (κ2) is 8.22. The molecule has 122 valence electrons. The minimum absolute atomic E-state index is 0.0257. The van der Waals surface area contributed by atoms with E-state index in [9.17, 15) is 4.79 Å². The highest BCUT2D eigenvalue weighted by Crippen LogP contribution is 2.18. The monoisotopic (exact) mass is 313 g/mol. The van der Waals surface area contributed by atoms with Crippen molar-refractivity contribution in [3.05, 3.63) is 59.7 Å². The molecule has 0 aliphatic heterocycles. The summed E-state index contributed by atoms with van der Waals surface area (Å²) in [4.78, 5) is 11.5. The highest BCUT2D eigenvalue weighted by molar-refractivity contribution is 5.94. The Kier molecular flexibility index (Phi) is 6.03. The average Bonchev–Trinajstić information content (AvgIpc) is 2.55. The molecule has 0 aromatic heterocycles. The van der Waals surface area contributed by atoms with Gasteiger partial charge in [0.15, 0.2) is 0 Å². The lowest BCUT2D eigenvalue weighted by atomic mass is 10.1. The van der Waals surface area contributed by atoms with Crippen LogP contribution in [0.4, 0.5) is 0 Å². The van der Waals surface area contributed by atoms with Gasteiger partial charge in [-0.25, -0.2) is 0 Å². The van der Waals surface area contributed by atoms with Crippen LogP contribution in [0.25, 0.3) is 0 Å². The first kappa shape index (κ1) is 16.9. The van der Waals surface area contributed by atoms with Crippen LogP contribution in [-0.2, 0) is 6.42 Å². The summed E-state index contributed by atoms with van der Waals surface area (Å²) in [5.41, 5.74) is 1.79. The number of carbonyl (C=O) groups is 1. The fraction of sp³-hybridized carbons (Fsp3) is 0.316. The van der Waals surface area contributed by atoms with Crippen LogP contribution in [0, 0.1) is 0 Å². The molecule has 0 fully saturated rings. The highest BCUT2D eigenvalue weighted by atomic mass is 16.5.